The highest BCUT2D eigenvalue weighted by molar-refractivity contribution is 5.45. The molecule has 0 saturated heterocycles. The molecule has 0 aliphatic carbocycles. The summed E-state index contributed by atoms with van der Waals surface area (Å²) in [6.07, 6.45) is 0. The molecule has 0 saturated carbocycles. The predicted octanol–water partition coefficient (Wildman–Crippen LogP) is 2.65. The first kappa shape index (κ1) is 16.4. The van der Waals surface area contributed by atoms with Crippen LogP contribution in [0.1, 0.15) is 42.6 Å². The molecular formula is C17H25N3O2. The fourth-order valence-corrected chi connectivity index (χ4v) is 2.61. The smallest absolute Gasteiger partial charge is 0.161 e. The maximum Gasteiger partial charge on any atom is 0.161 e. The second-order valence-corrected chi connectivity index (χ2v) is 5.68. The Balaban J connectivity index is 2.44. The summed E-state index contributed by atoms with van der Waals surface area (Å²) in [7, 11) is 5.23. The molecule has 0 amide bonds. The van der Waals surface area contributed by atoms with Crippen LogP contribution in [-0.4, -0.2) is 30.5 Å². The standard InChI is InChI=1S/C17H25N3O2/c1-11(2)14-9-15(20(3)19-14)13(10-18)12-6-7-16(21-4)17(8-12)22-5/h6-9,11,13H,10,18H2,1-5H3. The number of nitrogens with two attached hydrogens (primary N) is 1. The summed E-state index contributed by atoms with van der Waals surface area (Å²) in [5.41, 5.74) is 9.33. The fraction of sp³-hybridized carbons (Fsp3) is 0.471. The van der Waals surface area contributed by atoms with E-state index in [0.717, 1.165) is 22.7 Å². The van der Waals surface area contributed by atoms with Gasteiger partial charge in [-0.3, -0.25) is 4.68 Å². The number of methoxy groups -OCH3 is 2. The highest BCUT2D eigenvalue weighted by Gasteiger charge is 2.20. The van der Waals surface area contributed by atoms with Crippen molar-refractivity contribution in [3.05, 3.63) is 41.2 Å². The van der Waals surface area contributed by atoms with Gasteiger partial charge in [-0.2, -0.15) is 5.10 Å². The molecule has 22 heavy (non-hydrogen) atoms. The van der Waals surface area contributed by atoms with Crippen molar-refractivity contribution in [2.45, 2.75) is 25.7 Å². The summed E-state index contributed by atoms with van der Waals surface area (Å²) in [6, 6.07) is 8.06. The van der Waals surface area contributed by atoms with Crippen LogP contribution < -0.4 is 15.2 Å². The van der Waals surface area contributed by atoms with Gasteiger partial charge in [0.05, 0.1) is 19.9 Å². The minimum Gasteiger partial charge on any atom is -0.493 e. The van der Waals surface area contributed by atoms with Gasteiger partial charge < -0.3 is 15.2 Å². The lowest BCUT2D eigenvalue weighted by molar-refractivity contribution is 0.354. The van der Waals surface area contributed by atoms with Gasteiger partial charge in [-0.25, -0.2) is 0 Å². The van der Waals surface area contributed by atoms with Gasteiger partial charge in [-0.1, -0.05) is 19.9 Å². The molecule has 1 atom stereocenters. The topological polar surface area (TPSA) is 62.3 Å². The second-order valence-electron chi connectivity index (χ2n) is 5.68. The summed E-state index contributed by atoms with van der Waals surface area (Å²) >= 11 is 0. The molecule has 1 aromatic carbocycles. The number of ether oxygens (including phenoxy) is 2. The third-order valence-electron chi connectivity index (χ3n) is 3.93. The summed E-state index contributed by atoms with van der Waals surface area (Å²) in [5, 5.41) is 4.59. The number of rotatable bonds is 6. The van der Waals surface area contributed by atoms with Crippen molar-refractivity contribution in [2.24, 2.45) is 12.8 Å². The Bertz CT molecular complexity index is 635. The largest absolute Gasteiger partial charge is 0.493 e. The van der Waals surface area contributed by atoms with E-state index in [4.69, 9.17) is 15.2 Å². The van der Waals surface area contributed by atoms with Gasteiger partial charge in [0.25, 0.3) is 0 Å². The molecule has 0 aliphatic heterocycles. The van der Waals surface area contributed by atoms with Gasteiger partial charge in [0.2, 0.25) is 0 Å². The number of hydrogen-bond acceptors (Lipinski definition) is 4. The zero-order valence-corrected chi connectivity index (χ0v) is 14.0. The fourth-order valence-electron chi connectivity index (χ4n) is 2.61. The number of benzene rings is 1. The minimum atomic E-state index is 0.0739. The molecule has 1 unspecified atom stereocenters. The molecule has 0 radical (unpaired) electrons. The molecule has 0 fully saturated rings. The molecule has 2 N–H and O–H groups in total. The molecule has 0 aliphatic rings. The summed E-state index contributed by atoms with van der Waals surface area (Å²) in [5.74, 6) is 1.90. The molecule has 1 aromatic heterocycles. The minimum absolute atomic E-state index is 0.0739. The molecular weight excluding hydrogens is 278 g/mol. The second kappa shape index (κ2) is 6.83. The van der Waals surface area contributed by atoms with Gasteiger partial charge in [0, 0.05) is 25.2 Å². The van der Waals surface area contributed by atoms with Crippen LogP contribution in [-0.2, 0) is 7.05 Å². The van der Waals surface area contributed by atoms with E-state index in [1.54, 1.807) is 14.2 Å². The van der Waals surface area contributed by atoms with Crippen LogP contribution in [0.5, 0.6) is 11.5 Å². The van der Waals surface area contributed by atoms with E-state index in [1.807, 2.05) is 29.9 Å². The van der Waals surface area contributed by atoms with Crippen molar-refractivity contribution >= 4 is 0 Å². The summed E-state index contributed by atoms with van der Waals surface area (Å²) in [6.45, 7) is 4.78. The van der Waals surface area contributed by atoms with Gasteiger partial charge in [0.1, 0.15) is 0 Å². The van der Waals surface area contributed by atoms with Crippen LogP contribution >= 0.6 is 0 Å². The van der Waals surface area contributed by atoms with Gasteiger partial charge in [0.15, 0.2) is 11.5 Å². The van der Waals surface area contributed by atoms with E-state index >= 15 is 0 Å². The maximum atomic E-state index is 6.04. The molecule has 1 heterocycles. The lowest BCUT2D eigenvalue weighted by Crippen LogP contribution is -2.17. The average Bonchev–Trinajstić information content (AvgIpc) is 2.90. The monoisotopic (exact) mass is 303 g/mol. The highest BCUT2D eigenvalue weighted by Crippen LogP contribution is 2.33. The third-order valence-corrected chi connectivity index (χ3v) is 3.93. The Morgan fingerprint density at radius 2 is 1.82 bits per heavy atom. The van der Waals surface area contributed by atoms with Crippen molar-refractivity contribution < 1.29 is 9.47 Å². The maximum absolute atomic E-state index is 6.04. The lowest BCUT2D eigenvalue weighted by atomic mass is 9.94. The SMILES string of the molecule is COc1ccc(C(CN)c2cc(C(C)C)nn2C)cc1OC. The first-order valence-electron chi connectivity index (χ1n) is 7.47. The van der Waals surface area contributed by atoms with E-state index in [1.165, 1.54) is 0 Å². The normalized spacial score (nSPS) is 12.5. The van der Waals surface area contributed by atoms with Crippen LogP contribution in [0.15, 0.2) is 24.3 Å². The molecule has 0 bridgehead atoms. The number of aryl methyl sites for hydroxylation is 1. The summed E-state index contributed by atoms with van der Waals surface area (Å²) in [4.78, 5) is 0. The van der Waals surface area contributed by atoms with Crippen molar-refractivity contribution in [1.82, 2.24) is 9.78 Å². The van der Waals surface area contributed by atoms with E-state index in [9.17, 15) is 0 Å². The quantitative estimate of drug-likeness (QED) is 0.891. The number of nitrogens with zero attached hydrogens (tertiary/aromatic N) is 2. The van der Waals surface area contributed by atoms with Crippen LogP contribution in [0.25, 0.3) is 0 Å². The van der Waals surface area contributed by atoms with Gasteiger partial charge in [-0.15, -0.1) is 0 Å². The van der Waals surface area contributed by atoms with E-state index in [-0.39, 0.29) is 5.92 Å². The van der Waals surface area contributed by atoms with Gasteiger partial charge in [-0.05, 0) is 29.7 Å². The Morgan fingerprint density at radius 3 is 2.32 bits per heavy atom. The average molecular weight is 303 g/mol. The molecule has 0 spiro atoms. The Hall–Kier alpha value is -2.01. The first-order chi connectivity index (χ1) is 10.5. The first-order valence-corrected chi connectivity index (χ1v) is 7.47. The van der Waals surface area contributed by atoms with E-state index < -0.39 is 0 Å². The number of hydrogen-bond donors (Lipinski definition) is 1. The molecule has 2 rings (SSSR count). The molecule has 2 aromatic rings. The van der Waals surface area contributed by atoms with Crippen molar-refractivity contribution in [3.63, 3.8) is 0 Å². The molecule has 120 valence electrons. The van der Waals surface area contributed by atoms with Crippen molar-refractivity contribution in [1.29, 1.82) is 0 Å². The van der Waals surface area contributed by atoms with Crippen molar-refractivity contribution in [3.8, 4) is 11.5 Å². The van der Waals surface area contributed by atoms with Crippen LogP contribution in [0.2, 0.25) is 0 Å². The predicted molar refractivity (Wildman–Crippen MR) is 87.7 cm³/mol. The zero-order chi connectivity index (χ0) is 16.3. The van der Waals surface area contributed by atoms with Crippen LogP contribution in [0, 0.1) is 0 Å². The third kappa shape index (κ3) is 3.09. The highest BCUT2D eigenvalue weighted by atomic mass is 16.5. The zero-order valence-electron chi connectivity index (χ0n) is 14.0. The van der Waals surface area contributed by atoms with Crippen molar-refractivity contribution in [2.75, 3.05) is 20.8 Å². The molecule has 5 heteroatoms. The van der Waals surface area contributed by atoms with Crippen LogP contribution in [0.4, 0.5) is 0 Å². The molecule has 5 nitrogen and oxygen atoms in total. The Labute approximate surface area is 132 Å². The van der Waals surface area contributed by atoms with Crippen LogP contribution in [0.3, 0.4) is 0 Å². The van der Waals surface area contributed by atoms with E-state index in [0.29, 0.717) is 18.2 Å². The van der Waals surface area contributed by atoms with E-state index in [2.05, 4.69) is 25.0 Å². The number of aromatic nitrogens is 2. The Morgan fingerprint density at radius 1 is 1.14 bits per heavy atom. The van der Waals surface area contributed by atoms with Gasteiger partial charge >= 0.3 is 0 Å². The Kier molecular flexibility index (Phi) is 5.08. The summed E-state index contributed by atoms with van der Waals surface area (Å²) < 4.78 is 12.6. The lowest BCUT2D eigenvalue weighted by Gasteiger charge is -2.17.